The fourth-order valence-corrected chi connectivity index (χ4v) is 16.9. The van der Waals surface area contributed by atoms with E-state index in [1.54, 1.807) is 54.6 Å². The first kappa shape index (κ1) is 80.5. The van der Waals surface area contributed by atoms with Gasteiger partial charge in [0.05, 0.1) is 138 Å². The molecular weight excluding hydrogens is 1540 g/mol. The largest absolute Gasteiger partial charge is 0.381 e. The molecule has 9 aliphatic rings. The Morgan fingerprint density at radius 2 is 0.667 bits per heavy atom. The standard InChI is InChI=1S/3C25H25F4N3O4S/c3*1-37(34,35)22-7-13(14-3-2-6-36-12-14)4-5-17(22)31-18-8-15(9-21(33)16-11-25(16,28)29)30-19-10-20(24(26)27)32-23(18)19/h3*4-5,7-8,14,16,24H,2-3,6,9-12H2,1H3,(H,30,31)/t14-,16?;14-,16+;14-,16-/m000/s1. The number of sulfone groups is 3. The lowest BCUT2D eigenvalue weighted by Crippen LogP contribution is -2.16. The van der Waals surface area contributed by atoms with Crippen LogP contribution in [0, 0.1) is 17.8 Å². The molecule has 3 aromatic carbocycles. The van der Waals surface area contributed by atoms with Gasteiger partial charge in [0.25, 0.3) is 37.0 Å². The van der Waals surface area contributed by atoms with Gasteiger partial charge in [-0.25, -0.2) is 92.9 Å². The summed E-state index contributed by atoms with van der Waals surface area (Å²) in [5, 5.41) is 8.95. The molecule has 6 aliphatic heterocycles. The Kier molecular flexibility index (Phi) is 22.8. The number of hydrogen-bond donors (Lipinski definition) is 3. The fourth-order valence-electron chi connectivity index (χ4n) is 14.3. The highest BCUT2D eigenvalue weighted by Crippen LogP contribution is 2.53. The van der Waals surface area contributed by atoms with Gasteiger partial charge in [-0.3, -0.25) is 29.3 Å². The summed E-state index contributed by atoms with van der Waals surface area (Å²) >= 11 is 0. The van der Waals surface area contributed by atoms with Gasteiger partial charge in [0, 0.05) is 114 Å². The summed E-state index contributed by atoms with van der Waals surface area (Å²) < 4.78 is 253. The van der Waals surface area contributed by atoms with Gasteiger partial charge in [0.2, 0.25) is 0 Å². The first-order valence-corrected chi connectivity index (χ1v) is 41.4. The molecule has 594 valence electrons. The number of alkyl halides is 12. The number of carbonyl (C=O) groups is 3. The molecule has 3 saturated carbocycles. The summed E-state index contributed by atoms with van der Waals surface area (Å²) in [5.74, 6) is -15.1. The lowest BCUT2D eigenvalue weighted by molar-refractivity contribution is -0.122. The Morgan fingerprint density at radius 1 is 0.414 bits per heavy atom. The summed E-state index contributed by atoms with van der Waals surface area (Å²) in [6.45, 7) is 3.43. The minimum Gasteiger partial charge on any atom is -0.381 e. The van der Waals surface area contributed by atoms with E-state index in [-0.39, 0.29) is 137 Å². The van der Waals surface area contributed by atoms with Crippen LogP contribution in [0.4, 0.5) is 104 Å². The monoisotopic (exact) mass is 1620 g/mol. The zero-order valence-electron chi connectivity index (χ0n) is 59.8. The number of benzene rings is 3. The van der Waals surface area contributed by atoms with Crippen LogP contribution >= 0.6 is 0 Å². The number of pyridine rings is 3. The molecule has 36 heteroatoms. The number of Topliss-reactive ketones (excluding diaryl/α,β-unsaturated/α-hetero) is 3. The number of aliphatic imine (C=N–C) groups is 3. The second-order valence-corrected chi connectivity index (χ2v) is 35.2. The smallest absolute Gasteiger partial charge is 0.277 e. The van der Waals surface area contributed by atoms with Crippen molar-refractivity contribution in [3.8, 4) is 0 Å². The van der Waals surface area contributed by atoms with Crippen LogP contribution in [0.2, 0.25) is 0 Å². The first-order valence-electron chi connectivity index (χ1n) is 35.7. The third-order valence-electron chi connectivity index (χ3n) is 20.6. The summed E-state index contributed by atoms with van der Waals surface area (Å²) in [4.78, 5) is 61.7. The van der Waals surface area contributed by atoms with E-state index >= 15 is 0 Å². The third kappa shape index (κ3) is 18.7. The Balaban J connectivity index is 0.000000146. The highest BCUT2D eigenvalue weighted by atomic mass is 32.2. The molecule has 0 bridgehead atoms. The Bertz CT molecular complexity index is 4670. The molecule has 0 spiro atoms. The fraction of sp³-hybridized carbons (Fsp3) is 0.480. The van der Waals surface area contributed by atoms with Crippen molar-refractivity contribution in [3.63, 3.8) is 0 Å². The van der Waals surface area contributed by atoms with Crippen LogP contribution in [-0.2, 0) is 96.6 Å². The van der Waals surface area contributed by atoms with Gasteiger partial charge in [-0.15, -0.1) is 0 Å². The van der Waals surface area contributed by atoms with Crippen LogP contribution in [-0.4, -0.2) is 170 Å². The van der Waals surface area contributed by atoms with Crippen LogP contribution in [0.1, 0.15) is 126 Å². The van der Waals surface area contributed by atoms with Crippen molar-refractivity contribution >= 4 is 115 Å². The molecule has 3 aromatic heterocycles. The number of anilines is 6. The molecule has 0 amide bonds. The van der Waals surface area contributed by atoms with Crippen LogP contribution in [0.25, 0.3) is 0 Å². The molecule has 6 fully saturated rings. The number of fused-ring (bicyclic) bond motifs is 3. The Labute approximate surface area is 630 Å². The second kappa shape index (κ2) is 31.4. The lowest BCUT2D eigenvalue weighted by atomic mass is 9.93. The van der Waals surface area contributed by atoms with E-state index < -0.39 is 157 Å². The topological polar surface area (TPSA) is 293 Å². The summed E-state index contributed by atoms with van der Waals surface area (Å²) in [5.41, 5.74) is 3.45. The average Bonchev–Trinajstić information content (AvgIpc) is 1.71. The number of rotatable bonds is 24. The number of ketones is 3. The SMILES string of the molecule is CS(=O)(=O)c1cc([C@H]2CCCOC2)ccc1Nc1cc(CC(=O)C2CC2(F)F)nc2c1N=C(C(F)F)C2.CS(=O)(=O)c1cc([C@H]2CCCOC2)ccc1Nc1cc(CC(=O)[C@@H]2CC2(F)F)nc2c1N=C(C(F)F)C2.CS(=O)(=O)c1cc([C@H]2CCCOC2)ccc1Nc1cc(CC(=O)[C@H]2CC2(F)F)nc2c1N=C(C(F)F)C2. The van der Waals surface area contributed by atoms with Gasteiger partial charge in [-0.1, -0.05) is 18.2 Å². The molecule has 0 radical (unpaired) electrons. The molecular formula is C75H75F12N9O12S3. The lowest BCUT2D eigenvalue weighted by Gasteiger charge is -2.23. The van der Waals surface area contributed by atoms with E-state index in [1.807, 2.05) is 0 Å². The highest BCUT2D eigenvalue weighted by Gasteiger charge is 2.62. The maximum absolute atomic E-state index is 13.4. The molecule has 3 saturated heterocycles. The minimum absolute atomic E-state index is 0.00689. The summed E-state index contributed by atoms with van der Waals surface area (Å²) in [7, 11) is -11.1. The van der Waals surface area contributed by atoms with Crippen LogP contribution in [0.5, 0.6) is 0 Å². The summed E-state index contributed by atoms with van der Waals surface area (Å²) in [6.07, 6.45) is -3.66. The molecule has 15 rings (SSSR count). The van der Waals surface area contributed by atoms with Crippen LogP contribution in [0.3, 0.4) is 0 Å². The van der Waals surface area contributed by atoms with Gasteiger partial charge in [-0.05, 0) is 110 Å². The average molecular weight is 1620 g/mol. The third-order valence-corrected chi connectivity index (χ3v) is 24.0. The predicted octanol–water partition coefficient (Wildman–Crippen LogP) is 14.3. The summed E-state index contributed by atoms with van der Waals surface area (Å²) in [6, 6.07) is 19.0. The maximum Gasteiger partial charge on any atom is 0.277 e. The normalized spacial score (nSPS) is 22.5. The van der Waals surface area contributed by atoms with Crippen molar-refractivity contribution in [1.82, 2.24) is 15.0 Å². The molecule has 3 aliphatic carbocycles. The van der Waals surface area contributed by atoms with Crippen molar-refractivity contribution in [2.75, 3.05) is 74.4 Å². The van der Waals surface area contributed by atoms with Crippen molar-refractivity contribution in [2.45, 2.75) is 166 Å². The predicted molar refractivity (Wildman–Crippen MR) is 385 cm³/mol. The molecule has 21 nitrogen and oxygen atoms in total. The number of halogens is 12. The number of ether oxygens (including phenoxy) is 3. The molecule has 111 heavy (non-hydrogen) atoms. The second-order valence-electron chi connectivity index (χ2n) is 29.3. The molecule has 9 heterocycles. The number of nitrogens with one attached hydrogen (secondary N) is 3. The number of hydrogen-bond acceptors (Lipinski definition) is 21. The van der Waals surface area contributed by atoms with Crippen LogP contribution in [0.15, 0.2) is 102 Å². The number of aromatic nitrogens is 3. The van der Waals surface area contributed by atoms with E-state index in [0.717, 1.165) is 74.0 Å². The maximum atomic E-state index is 13.4. The molecule has 3 N–H and O–H groups in total. The van der Waals surface area contributed by atoms with E-state index in [4.69, 9.17) is 14.2 Å². The van der Waals surface area contributed by atoms with Crippen molar-refractivity contribution in [1.29, 1.82) is 0 Å². The quantitative estimate of drug-likeness (QED) is 0.0474. The van der Waals surface area contributed by atoms with E-state index in [1.165, 1.54) is 18.2 Å². The number of nitrogens with zero attached hydrogens (tertiary/aromatic N) is 6. The number of carbonyl (C=O) groups excluding carboxylic acids is 3. The van der Waals surface area contributed by atoms with Gasteiger partial charge in [0.1, 0.15) is 34.4 Å². The Hall–Kier alpha value is -8.58. The zero-order chi connectivity index (χ0) is 79.6. The highest BCUT2D eigenvalue weighted by molar-refractivity contribution is 7.91. The van der Waals surface area contributed by atoms with Gasteiger partial charge < -0.3 is 30.2 Å². The molecule has 1 unspecified atom stereocenters. The van der Waals surface area contributed by atoms with Gasteiger partial charge in [-0.2, -0.15) is 0 Å². The first-order chi connectivity index (χ1) is 52.3. The van der Waals surface area contributed by atoms with E-state index in [9.17, 15) is 92.3 Å². The van der Waals surface area contributed by atoms with Crippen molar-refractivity contribution < 1.29 is 107 Å². The van der Waals surface area contributed by atoms with Crippen molar-refractivity contribution in [2.24, 2.45) is 32.7 Å². The van der Waals surface area contributed by atoms with E-state index in [2.05, 4.69) is 45.9 Å². The molecule has 6 aromatic rings. The van der Waals surface area contributed by atoms with Gasteiger partial charge >= 0.3 is 0 Å². The van der Waals surface area contributed by atoms with E-state index in [0.29, 0.717) is 39.6 Å². The zero-order valence-corrected chi connectivity index (χ0v) is 62.3. The minimum atomic E-state index is -3.71. The van der Waals surface area contributed by atoms with Gasteiger partial charge in [0.15, 0.2) is 29.5 Å². The van der Waals surface area contributed by atoms with Crippen LogP contribution < -0.4 is 16.0 Å². The molecule has 6 atom stereocenters. The Morgan fingerprint density at radius 3 is 0.874 bits per heavy atom. The van der Waals surface area contributed by atoms with Crippen molar-refractivity contribution in [3.05, 3.63) is 124 Å².